The highest BCUT2D eigenvalue weighted by Crippen LogP contribution is 2.35. The molecular formula is C17H14Br2O2. The fraction of sp³-hybridized carbons (Fsp3) is 0.176. The van der Waals surface area contributed by atoms with Crippen LogP contribution in [0.4, 0.5) is 0 Å². The van der Waals surface area contributed by atoms with E-state index in [0.29, 0.717) is 0 Å². The summed E-state index contributed by atoms with van der Waals surface area (Å²) >= 11 is 7.01. The summed E-state index contributed by atoms with van der Waals surface area (Å²) in [5.41, 5.74) is 0. The van der Waals surface area contributed by atoms with Gasteiger partial charge in [0.2, 0.25) is 0 Å². The molecule has 0 radical (unpaired) electrons. The van der Waals surface area contributed by atoms with Gasteiger partial charge in [0.05, 0.1) is 8.95 Å². The van der Waals surface area contributed by atoms with E-state index in [1.54, 1.807) is 0 Å². The molecule has 3 rings (SSSR count). The molecule has 0 saturated carbocycles. The second-order valence-electron chi connectivity index (χ2n) is 4.76. The van der Waals surface area contributed by atoms with Crippen molar-refractivity contribution in [3.05, 3.63) is 69.0 Å². The first-order valence-electron chi connectivity index (χ1n) is 6.81. The molecule has 0 spiro atoms. The van der Waals surface area contributed by atoms with Gasteiger partial charge in [-0.05, 0) is 62.5 Å². The number of rotatable bonds is 4. The number of ether oxygens (including phenoxy) is 2. The van der Waals surface area contributed by atoms with Crippen molar-refractivity contribution in [1.29, 1.82) is 0 Å². The topological polar surface area (TPSA) is 18.5 Å². The highest BCUT2D eigenvalue weighted by atomic mass is 79.9. The Labute approximate surface area is 141 Å². The van der Waals surface area contributed by atoms with Gasteiger partial charge in [0.15, 0.2) is 0 Å². The Morgan fingerprint density at radius 2 is 1.10 bits per heavy atom. The summed E-state index contributed by atoms with van der Waals surface area (Å²) in [6, 6.07) is 15.7. The summed E-state index contributed by atoms with van der Waals surface area (Å²) in [7, 11) is 0. The van der Waals surface area contributed by atoms with Gasteiger partial charge in [-0.3, -0.25) is 0 Å². The number of para-hydroxylation sites is 2. The molecule has 0 unspecified atom stereocenters. The summed E-state index contributed by atoms with van der Waals surface area (Å²) < 4.78 is 13.9. The van der Waals surface area contributed by atoms with E-state index in [9.17, 15) is 0 Å². The van der Waals surface area contributed by atoms with Gasteiger partial charge in [0.1, 0.15) is 23.0 Å². The lowest BCUT2D eigenvalue weighted by Crippen LogP contribution is -2.01. The summed E-state index contributed by atoms with van der Waals surface area (Å²) in [6.07, 6.45) is 2.86. The van der Waals surface area contributed by atoms with Crippen LogP contribution in [0.3, 0.4) is 0 Å². The largest absolute Gasteiger partial charge is 0.457 e. The predicted octanol–water partition coefficient (Wildman–Crippen LogP) is 6.06. The van der Waals surface area contributed by atoms with Crippen LogP contribution >= 0.6 is 31.9 Å². The summed E-state index contributed by atoms with van der Waals surface area (Å²) in [4.78, 5) is 0. The fourth-order valence-electron chi connectivity index (χ4n) is 2.22. The maximum absolute atomic E-state index is 6.02. The van der Waals surface area contributed by atoms with Crippen LogP contribution < -0.4 is 9.47 Å². The van der Waals surface area contributed by atoms with E-state index >= 15 is 0 Å². The van der Waals surface area contributed by atoms with E-state index in [0.717, 1.165) is 51.2 Å². The van der Waals surface area contributed by atoms with Crippen LogP contribution in [0.15, 0.2) is 69.0 Å². The van der Waals surface area contributed by atoms with E-state index in [2.05, 4.69) is 31.9 Å². The number of halogens is 2. The van der Waals surface area contributed by atoms with E-state index in [1.807, 2.05) is 48.5 Å². The lowest BCUT2D eigenvalue weighted by Gasteiger charge is -2.13. The Kier molecular flexibility index (Phi) is 4.66. The molecule has 0 fully saturated rings. The first-order valence-corrected chi connectivity index (χ1v) is 8.39. The second-order valence-corrected chi connectivity index (χ2v) is 6.47. The third-order valence-corrected chi connectivity index (χ3v) is 4.57. The predicted molar refractivity (Wildman–Crippen MR) is 90.4 cm³/mol. The molecule has 2 aromatic rings. The molecule has 0 amide bonds. The van der Waals surface area contributed by atoms with Crippen molar-refractivity contribution >= 4 is 31.9 Å². The maximum atomic E-state index is 6.02. The number of hydrogen-bond acceptors (Lipinski definition) is 2. The van der Waals surface area contributed by atoms with E-state index in [1.165, 1.54) is 0 Å². The molecule has 0 saturated heterocycles. The molecule has 1 aliphatic rings. The van der Waals surface area contributed by atoms with E-state index in [4.69, 9.17) is 9.47 Å². The Hall–Kier alpha value is -1.26. The molecule has 4 heteroatoms. The van der Waals surface area contributed by atoms with Gasteiger partial charge >= 0.3 is 0 Å². The van der Waals surface area contributed by atoms with Crippen molar-refractivity contribution in [3.63, 3.8) is 0 Å². The Balaban J connectivity index is 1.83. The zero-order valence-corrected chi connectivity index (χ0v) is 14.5. The number of hydrogen-bond donors (Lipinski definition) is 0. The van der Waals surface area contributed by atoms with Crippen LogP contribution in [0.2, 0.25) is 0 Å². The minimum Gasteiger partial charge on any atom is -0.457 e. The van der Waals surface area contributed by atoms with Gasteiger partial charge in [0.25, 0.3) is 0 Å². The molecule has 0 bridgehead atoms. The van der Waals surface area contributed by atoms with Crippen LogP contribution in [0.1, 0.15) is 19.3 Å². The van der Waals surface area contributed by atoms with Crippen molar-refractivity contribution in [3.8, 4) is 11.5 Å². The van der Waals surface area contributed by atoms with Crippen LogP contribution in [-0.2, 0) is 0 Å². The summed E-state index contributed by atoms with van der Waals surface area (Å²) in [6.45, 7) is 0. The molecule has 108 valence electrons. The molecule has 0 heterocycles. The lowest BCUT2D eigenvalue weighted by molar-refractivity contribution is 0.347. The molecule has 2 nitrogen and oxygen atoms in total. The number of benzene rings is 2. The van der Waals surface area contributed by atoms with Gasteiger partial charge in [0, 0.05) is 12.8 Å². The van der Waals surface area contributed by atoms with Crippen LogP contribution in [0.5, 0.6) is 11.5 Å². The summed E-state index contributed by atoms with van der Waals surface area (Å²) in [5.74, 6) is 3.47. The van der Waals surface area contributed by atoms with Crippen molar-refractivity contribution in [1.82, 2.24) is 0 Å². The number of allylic oxidation sites excluding steroid dienone is 2. The minimum absolute atomic E-state index is 0.822. The molecule has 2 aromatic carbocycles. The monoisotopic (exact) mass is 408 g/mol. The SMILES string of the molecule is Brc1ccccc1OC1=C(Oc2ccccc2Br)CCC1. The first kappa shape index (κ1) is 14.7. The van der Waals surface area contributed by atoms with Crippen LogP contribution in [-0.4, -0.2) is 0 Å². The van der Waals surface area contributed by atoms with Crippen molar-refractivity contribution in [2.45, 2.75) is 19.3 Å². The van der Waals surface area contributed by atoms with Crippen molar-refractivity contribution in [2.24, 2.45) is 0 Å². The lowest BCUT2D eigenvalue weighted by atomic mass is 10.3. The zero-order valence-electron chi connectivity index (χ0n) is 11.3. The van der Waals surface area contributed by atoms with E-state index < -0.39 is 0 Å². The third-order valence-electron chi connectivity index (χ3n) is 3.26. The molecule has 0 aliphatic heterocycles. The quantitative estimate of drug-likeness (QED) is 0.610. The third kappa shape index (κ3) is 3.50. The minimum atomic E-state index is 0.822. The molecule has 0 atom stereocenters. The average molecular weight is 410 g/mol. The second kappa shape index (κ2) is 6.67. The van der Waals surface area contributed by atoms with Gasteiger partial charge in [-0.1, -0.05) is 24.3 Å². The molecule has 21 heavy (non-hydrogen) atoms. The molecule has 0 N–H and O–H groups in total. The highest BCUT2D eigenvalue weighted by molar-refractivity contribution is 9.10. The van der Waals surface area contributed by atoms with Crippen LogP contribution in [0, 0.1) is 0 Å². The first-order chi connectivity index (χ1) is 10.2. The molecular weight excluding hydrogens is 396 g/mol. The van der Waals surface area contributed by atoms with E-state index in [-0.39, 0.29) is 0 Å². The van der Waals surface area contributed by atoms with Crippen molar-refractivity contribution in [2.75, 3.05) is 0 Å². The maximum Gasteiger partial charge on any atom is 0.142 e. The zero-order chi connectivity index (χ0) is 14.7. The highest BCUT2D eigenvalue weighted by Gasteiger charge is 2.20. The Bertz CT molecular complexity index is 622. The van der Waals surface area contributed by atoms with Gasteiger partial charge in [-0.15, -0.1) is 0 Å². The molecule has 0 aromatic heterocycles. The summed E-state index contributed by atoms with van der Waals surface area (Å²) in [5, 5.41) is 0. The van der Waals surface area contributed by atoms with Gasteiger partial charge < -0.3 is 9.47 Å². The van der Waals surface area contributed by atoms with Crippen LogP contribution in [0.25, 0.3) is 0 Å². The Morgan fingerprint density at radius 1 is 0.667 bits per heavy atom. The normalized spacial score (nSPS) is 14.4. The van der Waals surface area contributed by atoms with Gasteiger partial charge in [-0.25, -0.2) is 0 Å². The van der Waals surface area contributed by atoms with Crippen molar-refractivity contribution < 1.29 is 9.47 Å². The molecule has 1 aliphatic carbocycles. The van der Waals surface area contributed by atoms with Gasteiger partial charge in [-0.2, -0.15) is 0 Å². The Morgan fingerprint density at radius 3 is 1.52 bits per heavy atom. The standard InChI is InChI=1S/C17H14Br2O2/c18-12-6-1-3-8-14(12)20-16-10-5-11-17(16)21-15-9-4-2-7-13(15)19/h1-4,6-9H,5,10-11H2. The fourth-order valence-corrected chi connectivity index (χ4v) is 2.96. The smallest absolute Gasteiger partial charge is 0.142 e. The average Bonchev–Trinajstić information content (AvgIpc) is 2.91.